The first kappa shape index (κ1) is 52.5. The highest BCUT2D eigenvalue weighted by Gasteiger charge is 2.19. The van der Waals surface area contributed by atoms with Crippen molar-refractivity contribution < 1.29 is 0 Å². The van der Waals surface area contributed by atoms with Crippen LogP contribution in [-0.2, 0) is 0 Å². The van der Waals surface area contributed by atoms with E-state index in [0.717, 1.165) is 35.9 Å². The molecule has 0 bridgehead atoms. The summed E-state index contributed by atoms with van der Waals surface area (Å²) in [5, 5.41) is 5.00. The van der Waals surface area contributed by atoms with E-state index in [0.29, 0.717) is 0 Å². The summed E-state index contributed by atoms with van der Waals surface area (Å²) in [6.45, 7) is 18.3. The average Bonchev–Trinajstić information content (AvgIpc) is 3.42. The SMILES string of the molecule is C=C/C=C(C=C)/P=C\C(=C/C=C/C)c1cccc(C2=CC(c3ccc(-c4ccccc4)cc3)=CC(c3cccc(-c4ccc(C)cc4)c3)N2)c1.CC1=CCCC=C1.Cc1ccccc1.Cc1ccccc1. The van der Waals surface area contributed by atoms with Gasteiger partial charge in [-0.15, -0.1) is 0 Å². The zero-order valence-corrected chi connectivity index (χ0v) is 43.1. The number of dihydropyridines is 1. The lowest BCUT2D eigenvalue weighted by atomic mass is 9.91. The van der Waals surface area contributed by atoms with E-state index in [4.69, 9.17) is 0 Å². The molecule has 1 aliphatic carbocycles. The van der Waals surface area contributed by atoms with Gasteiger partial charge in [-0.2, -0.15) is 0 Å². The molecule has 1 nitrogen and oxygen atoms in total. The van der Waals surface area contributed by atoms with Gasteiger partial charge in [-0.25, -0.2) is 0 Å². The van der Waals surface area contributed by atoms with Crippen LogP contribution in [-0.4, -0.2) is 5.80 Å². The third-order valence-electron chi connectivity index (χ3n) is 11.8. The molecule has 2 aliphatic rings. The van der Waals surface area contributed by atoms with Crippen LogP contribution in [0.25, 0.3) is 39.1 Å². The van der Waals surface area contributed by atoms with Crippen LogP contribution in [0.5, 0.6) is 0 Å². The summed E-state index contributed by atoms with van der Waals surface area (Å²) >= 11 is 0. The molecule has 0 fully saturated rings. The molecule has 7 aromatic carbocycles. The monoisotopic (exact) mass is 942 g/mol. The topological polar surface area (TPSA) is 12.0 Å². The second kappa shape index (κ2) is 28.6. The Morgan fingerprint density at radius 3 is 1.69 bits per heavy atom. The predicted molar refractivity (Wildman–Crippen MR) is 316 cm³/mol. The second-order valence-corrected chi connectivity index (χ2v) is 18.5. The van der Waals surface area contributed by atoms with Crippen molar-refractivity contribution >= 4 is 30.8 Å². The van der Waals surface area contributed by atoms with Gasteiger partial charge in [0.25, 0.3) is 0 Å². The smallest absolute Gasteiger partial charge is 0.0707 e. The van der Waals surface area contributed by atoms with Crippen LogP contribution >= 0.6 is 8.20 Å². The molecule has 7 aromatic rings. The van der Waals surface area contributed by atoms with Gasteiger partial charge in [0.1, 0.15) is 0 Å². The van der Waals surface area contributed by atoms with Gasteiger partial charge in [0, 0.05) is 11.0 Å². The Hall–Kier alpha value is -7.83. The van der Waals surface area contributed by atoms with Crippen molar-refractivity contribution in [2.24, 2.45) is 0 Å². The maximum absolute atomic E-state index is 3.98. The molecule has 1 unspecified atom stereocenters. The fraction of sp³-hybridized carbons (Fsp3) is 0.116. The summed E-state index contributed by atoms with van der Waals surface area (Å²) < 4.78 is 0. The number of aryl methyl sites for hydroxylation is 3. The molecule has 71 heavy (non-hydrogen) atoms. The highest BCUT2D eigenvalue weighted by Crippen LogP contribution is 2.35. The first-order valence-electron chi connectivity index (χ1n) is 24.6. The molecule has 1 N–H and O–H groups in total. The van der Waals surface area contributed by atoms with Crippen LogP contribution in [0, 0.1) is 20.8 Å². The first-order chi connectivity index (χ1) is 34.7. The molecule has 1 heterocycles. The average molecular weight is 942 g/mol. The van der Waals surface area contributed by atoms with Crippen LogP contribution < -0.4 is 5.32 Å². The molecule has 0 amide bonds. The van der Waals surface area contributed by atoms with Crippen molar-refractivity contribution in [2.75, 3.05) is 0 Å². The van der Waals surface area contributed by atoms with Crippen LogP contribution in [0.2, 0.25) is 0 Å². The largest absolute Gasteiger partial charge is 0.374 e. The molecule has 0 aromatic heterocycles. The highest BCUT2D eigenvalue weighted by molar-refractivity contribution is 7.45. The molecule has 0 radical (unpaired) electrons. The molecular formula is C69H68NP. The van der Waals surface area contributed by atoms with Crippen LogP contribution in [0.15, 0.2) is 279 Å². The third kappa shape index (κ3) is 17.3. The van der Waals surface area contributed by atoms with E-state index < -0.39 is 0 Å². The Morgan fingerprint density at radius 2 is 1.13 bits per heavy atom. The Kier molecular flexibility index (Phi) is 21.2. The Balaban J connectivity index is 0.000000320. The van der Waals surface area contributed by atoms with E-state index in [1.54, 1.807) is 0 Å². The summed E-state index contributed by atoms with van der Waals surface area (Å²) in [5.74, 6) is 2.23. The van der Waals surface area contributed by atoms with E-state index in [2.05, 4.69) is 252 Å². The zero-order valence-electron chi connectivity index (χ0n) is 42.2. The number of rotatable bonds is 11. The Morgan fingerprint density at radius 1 is 0.563 bits per heavy atom. The molecular weight excluding hydrogens is 874 g/mol. The maximum atomic E-state index is 3.98. The van der Waals surface area contributed by atoms with Crippen LogP contribution in [0.3, 0.4) is 0 Å². The van der Waals surface area contributed by atoms with Crippen molar-refractivity contribution in [2.45, 2.75) is 53.5 Å². The maximum Gasteiger partial charge on any atom is 0.0707 e. The van der Waals surface area contributed by atoms with Crippen molar-refractivity contribution in [1.82, 2.24) is 5.32 Å². The number of benzene rings is 7. The van der Waals surface area contributed by atoms with Crippen LogP contribution in [0.1, 0.15) is 71.7 Å². The Bertz CT molecular complexity index is 2990. The van der Waals surface area contributed by atoms with Crippen LogP contribution in [0.4, 0.5) is 0 Å². The van der Waals surface area contributed by atoms with Gasteiger partial charge in [0.2, 0.25) is 0 Å². The fourth-order valence-electron chi connectivity index (χ4n) is 7.83. The minimum atomic E-state index is -0.0184. The summed E-state index contributed by atoms with van der Waals surface area (Å²) in [7, 11) is 1.06. The van der Waals surface area contributed by atoms with Gasteiger partial charge in [-0.3, -0.25) is 0 Å². The van der Waals surface area contributed by atoms with Crippen molar-refractivity contribution in [3.63, 3.8) is 0 Å². The second-order valence-electron chi connectivity index (χ2n) is 17.5. The summed E-state index contributed by atoms with van der Waals surface area (Å²) in [6.07, 6.45) is 25.8. The zero-order chi connectivity index (χ0) is 50.0. The van der Waals surface area contributed by atoms with E-state index in [-0.39, 0.29) is 6.04 Å². The molecule has 0 saturated heterocycles. The minimum absolute atomic E-state index is 0.0184. The normalized spacial score (nSPS) is 14.2. The number of hydrogen-bond donors (Lipinski definition) is 1. The number of nitrogens with one attached hydrogen (secondary N) is 1. The van der Waals surface area contributed by atoms with E-state index in [1.165, 1.54) is 74.1 Å². The standard InChI is InChI=1S/C48H42NP.C7H10.2C7H8/c1-5-8-15-44(34-50-46(7-3)14-6-2)41-19-13-21-43(31-41)48-33-45(39-28-26-37(27-29-39)36-16-10-9-11-17-36)32-47(49-48)42-20-12-18-40(30-42)38-24-22-35(4)23-25-38;3*1-7-5-3-2-4-6-7/h5-34,47,49H,2-3H2,1,4H3;3,5-6H,2,4H2,1H3;2*2-6H,1H3/b8-5+,44-15+,46-14+;;;. The van der Waals surface area contributed by atoms with Gasteiger partial charge in [-0.1, -0.05) is 274 Å². The molecule has 0 spiro atoms. The lowest BCUT2D eigenvalue weighted by Crippen LogP contribution is -2.22. The van der Waals surface area contributed by atoms with E-state index in [1.807, 2.05) is 61.5 Å². The van der Waals surface area contributed by atoms with Gasteiger partial charge < -0.3 is 5.32 Å². The van der Waals surface area contributed by atoms with E-state index in [9.17, 15) is 0 Å². The van der Waals surface area contributed by atoms with Crippen molar-refractivity contribution in [1.29, 1.82) is 0 Å². The van der Waals surface area contributed by atoms with Crippen molar-refractivity contribution in [3.8, 4) is 22.3 Å². The summed E-state index contributed by atoms with van der Waals surface area (Å²) in [6, 6.07) is 66.4. The molecule has 354 valence electrons. The highest BCUT2D eigenvalue weighted by atomic mass is 31.1. The molecule has 1 atom stereocenters. The first-order valence-corrected chi connectivity index (χ1v) is 25.5. The predicted octanol–water partition coefficient (Wildman–Crippen LogP) is 19.3. The van der Waals surface area contributed by atoms with Gasteiger partial charge in [0.15, 0.2) is 0 Å². The lowest BCUT2D eigenvalue weighted by molar-refractivity contribution is 0.767. The minimum Gasteiger partial charge on any atom is -0.374 e. The Labute approximate surface area is 427 Å². The molecule has 1 aliphatic heterocycles. The molecule has 2 heteroatoms. The van der Waals surface area contributed by atoms with Crippen molar-refractivity contribution in [3.05, 3.63) is 318 Å². The van der Waals surface area contributed by atoms with E-state index >= 15 is 0 Å². The van der Waals surface area contributed by atoms with Gasteiger partial charge in [0.05, 0.1) is 6.04 Å². The fourth-order valence-corrected chi connectivity index (χ4v) is 8.65. The van der Waals surface area contributed by atoms with Gasteiger partial charge >= 0.3 is 0 Å². The van der Waals surface area contributed by atoms with Gasteiger partial charge in [-0.05, 0) is 133 Å². The molecule has 0 saturated carbocycles. The summed E-state index contributed by atoms with van der Waals surface area (Å²) in [4.78, 5) is 0. The molecule has 9 rings (SSSR count). The third-order valence-corrected chi connectivity index (χ3v) is 12.8. The quantitative estimate of drug-likeness (QED) is 0.101. The number of hydrogen-bond acceptors (Lipinski definition) is 1. The summed E-state index contributed by atoms with van der Waals surface area (Å²) in [5.41, 5.74) is 18.3. The number of allylic oxidation sites excluding steroid dienone is 14. The lowest BCUT2D eigenvalue weighted by Gasteiger charge is -2.26.